The molecule has 0 saturated heterocycles. The molecule has 16 heteroatoms. The predicted octanol–water partition coefficient (Wildman–Crippen LogP) is 5.45. The molecule has 0 unspecified atom stereocenters. The first kappa shape index (κ1) is 33.9. The number of halogens is 5. The van der Waals surface area contributed by atoms with E-state index in [1.807, 2.05) is 0 Å². The molecule has 0 fully saturated rings. The van der Waals surface area contributed by atoms with E-state index in [1.165, 1.54) is 36.7 Å². The highest BCUT2D eigenvalue weighted by molar-refractivity contribution is 6.30. The number of rotatable bonds is 4. The van der Waals surface area contributed by atoms with Crippen LogP contribution in [0.2, 0.25) is 10.2 Å². The zero-order valence-electron chi connectivity index (χ0n) is 20.1. The van der Waals surface area contributed by atoms with Gasteiger partial charge in [0.2, 0.25) is 0 Å². The maximum atomic E-state index is 12.3. The van der Waals surface area contributed by atoms with Gasteiger partial charge < -0.3 is 20.4 Å². The molecule has 214 valence electrons. The van der Waals surface area contributed by atoms with Crippen LogP contribution in [0.15, 0.2) is 73.2 Å². The number of carboxylic acid groups (broad SMARTS) is 4. The van der Waals surface area contributed by atoms with Gasteiger partial charge in [-0.15, -0.1) is 0 Å². The Morgan fingerprint density at radius 1 is 0.561 bits per heavy atom. The molecule has 0 aliphatic carbocycles. The van der Waals surface area contributed by atoms with E-state index < -0.39 is 41.3 Å². The van der Waals surface area contributed by atoms with Crippen LogP contribution in [0.5, 0.6) is 0 Å². The van der Waals surface area contributed by atoms with Crippen molar-refractivity contribution in [3.8, 4) is 0 Å². The molecule has 0 saturated carbocycles. The second-order valence-electron chi connectivity index (χ2n) is 6.94. The van der Waals surface area contributed by atoms with Gasteiger partial charge in [-0.3, -0.25) is 0 Å². The van der Waals surface area contributed by atoms with Crippen molar-refractivity contribution in [3.63, 3.8) is 0 Å². The molecular weight excluding hydrogens is 598 g/mol. The van der Waals surface area contributed by atoms with Crippen molar-refractivity contribution in [1.82, 2.24) is 15.0 Å². The molecule has 0 aliphatic heterocycles. The fourth-order valence-corrected chi connectivity index (χ4v) is 2.36. The molecule has 4 N–H and O–H groups in total. The van der Waals surface area contributed by atoms with Crippen molar-refractivity contribution in [2.75, 3.05) is 0 Å². The maximum absolute atomic E-state index is 12.3. The molecule has 41 heavy (non-hydrogen) atoms. The molecule has 4 rings (SSSR count). The van der Waals surface area contributed by atoms with Crippen LogP contribution in [0, 0.1) is 17.5 Å². The van der Waals surface area contributed by atoms with E-state index in [2.05, 4.69) is 15.0 Å². The molecule has 3 aromatic heterocycles. The Kier molecular flexibility index (Phi) is 13.9. The lowest BCUT2D eigenvalue weighted by molar-refractivity contribution is 0.0679. The van der Waals surface area contributed by atoms with Gasteiger partial charge in [-0.05, 0) is 54.6 Å². The zero-order valence-corrected chi connectivity index (χ0v) is 21.6. The number of aromatic carboxylic acids is 4. The molecule has 0 bridgehead atoms. The number of nitrogens with zero attached hydrogens (tertiary/aromatic N) is 3. The highest BCUT2D eigenvalue weighted by Gasteiger charge is 2.07. The third-order valence-electron chi connectivity index (χ3n) is 4.03. The van der Waals surface area contributed by atoms with E-state index in [0.717, 1.165) is 30.5 Å². The van der Waals surface area contributed by atoms with E-state index in [9.17, 15) is 32.3 Å². The van der Waals surface area contributed by atoms with E-state index >= 15 is 0 Å². The molecule has 0 spiro atoms. The van der Waals surface area contributed by atoms with Gasteiger partial charge in [0.1, 0.15) is 22.4 Å². The van der Waals surface area contributed by atoms with Gasteiger partial charge in [0.05, 0.1) is 22.3 Å². The Balaban J connectivity index is 0.000000274. The number of pyridine rings is 3. The summed E-state index contributed by atoms with van der Waals surface area (Å²) in [7, 11) is 0. The summed E-state index contributed by atoms with van der Waals surface area (Å²) in [5.41, 5.74) is -0.265. The van der Waals surface area contributed by atoms with Crippen molar-refractivity contribution < 1.29 is 52.8 Å². The largest absolute Gasteiger partial charge is 0.478 e. The Morgan fingerprint density at radius 3 is 1.49 bits per heavy atom. The smallest absolute Gasteiger partial charge is 0.354 e. The molecule has 3 heterocycles. The first-order valence-corrected chi connectivity index (χ1v) is 11.2. The van der Waals surface area contributed by atoms with Gasteiger partial charge in [0.25, 0.3) is 0 Å². The van der Waals surface area contributed by atoms with Crippen LogP contribution >= 0.6 is 23.2 Å². The highest BCUT2D eigenvalue weighted by Crippen LogP contribution is 2.08. The van der Waals surface area contributed by atoms with Crippen molar-refractivity contribution in [2.24, 2.45) is 0 Å². The molecule has 11 nitrogen and oxygen atoms in total. The minimum Gasteiger partial charge on any atom is -0.478 e. The van der Waals surface area contributed by atoms with Crippen LogP contribution in [0.3, 0.4) is 0 Å². The first-order chi connectivity index (χ1) is 19.2. The van der Waals surface area contributed by atoms with Crippen LogP contribution in [-0.4, -0.2) is 59.3 Å². The lowest BCUT2D eigenvalue weighted by Gasteiger charge is -1.94. The predicted molar refractivity (Wildman–Crippen MR) is 137 cm³/mol. The summed E-state index contributed by atoms with van der Waals surface area (Å²) in [5.74, 6) is -7.20. The summed E-state index contributed by atoms with van der Waals surface area (Å²) in [5, 5.41) is 34.1. The van der Waals surface area contributed by atoms with Crippen LogP contribution in [0.1, 0.15) is 41.7 Å². The van der Waals surface area contributed by atoms with Crippen LogP contribution < -0.4 is 0 Å². The van der Waals surface area contributed by atoms with E-state index in [1.54, 1.807) is 0 Å². The number of aromatic nitrogens is 3. The summed E-state index contributed by atoms with van der Waals surface area (Å²) in [6, 6.07) is 10.2. The number of benzene rings is 1. The summed E-state index contributed by atoms with van der Waals surface area (Å²) in [4.78, 5) is 51.2. The lowest BCUT2D eigenvalue weighted by atomic mass is 10.2. The Bertz CT molecular complexity index is 1360. The molecule has 4 aromatic rings. The third kappa shape index (κ3) is 13.0. The topological polar surface area (TPSA) is 188 Å². The van der Waals surface area contributed by atoms with Crippen molar-refractivity contribution in [1.29, 1.82) is 0 Å². The minimum atomic E-state index is -1.27. The standard InChI is InChI=1S/C7H4F2O2.2C6H4ClNO2.C6H4FNO2/c8-5-2-1-4(7(10)11)3-6(5)9;7-4-1-2-5(6(9)10)8-3-4;7-5-2-1-4(3-8-5)6(9)10;7-4-1-2-5(6(9)10)8-3-4/h1-3H,(H,10,11);3*1-3H,(H,9,10). The Hall–Kier alpha value is -5.08. The van der Waals surface area contributed by atoms with Gasteiger partial charge in [0, 0.05) is 12.4 Å². The van der Waals surface area contributed by atoms with Crippen molar-refractivity contribution in [2.45, 2.75) is 0 Å². The van der Waals surface area contributed by atoms with Crippen LogP contribution in [0.25, 0.3) is 0 Å². The SMILES string of the molecule is O=C(O)c1ccc(Cl)cn1.O=C(O)c1ccc(Cl)nc1.O=C(O)c1ccc(F)c(F)c1.O=C(O)c1ccc(F)cn1. The molecule has 1 aromatic carbocycles. The maximum Gasteiger partial charge on any atom is 0.354 e. The minimum absolute atomic E-state index is 0.00407. The quantitative estimate of drug-likeness (QED) is 0.214. The number of hydrogen-bond donors (Lipinski definition) is 4. The number of hydrogen-bond acceptors (Lipinski definition) is 7. The average molecular weight is 614 g/mol. The Labute approximate surface area is 238 Å². The lowest BCUT2D eigenvalue weighted by Crippen LogP contribution is -1.98. The fourth-order valence-electron chi connectivity index (χ4n) is 2.14. The second kappa shape index (κ2) is 16.8. The Morgan fingerprint density at radius 2 is 1.10 bits per heavy atom. The van der Waals surface area contributed by atoms with Crippen LogP contribution in [-0.2, 0) is 0 Å². The van der Waals surface area contributed by atoms with Gasteiger partial charge in [0.15, 0.2) is 11.6 Å². The summed E-state index contributed by atoms with van der Waals surface area (Å²) >= 11 is 10.9. The van der Waals surface area contributed by atoms with Gasteiger partial charge in [-0.2, -0.15) is 0 Å². The van der Waals surface area contributed by atoms with Gasteiger partial charge in [-0.25, -0.2) is 47.3 Å². The molecule has 0 atom stereocenters. The second-order valence-corrected chi connectivity index (χ2v) is 7.77. The average Bonchev–Trinajstić information content (AvgIpc) is 2.92. The van der Waals surface area contributed by atoms with Gasteiger partial charge >= 0.3 is 23.9 Å². The molecular formula is C25H16Cl2F3N3O8. The van der Waals surface area contributed by atoms with E-state index in [-0.39, 0.29) is 22.5 Å². The first-order valence-electron chi connectivity index (χ1n) is 10.4. The molecule has 0 amide bonds. The van der Waals surface area contributed by atoms with E-state index in [0.29, 0.717) is 16.2 Å². The van der Waals surface area contributed by atoms with Crippen molar-refractivity contribution in [3.05, 3.63) is 123 Å². The number of carbonyl (C=O) groups is 4. The number of carboxylic acids is 4. The van der Waals surface area contributed by atoms with Crippen LogP contribution in [0.4, 0.5) is 13.2 Å². The summed E-state index contributed by atoms with van der Waals surface area (Å²) in [6.07, 6.45) is 3.37. The third-order valence-corrected chi connectivity index (χ3v) is 4.48. The van der Waals surface area contributed by atoms with Crippen molar-refractivity contribution >= 4 is 47.1 Å². The van der Waals surface area contributed by atoms with E-state index in [4.69, 9.17) is 43.6 Å². The fraction of sp³-hybridized carbons (Fsp3) is 0. The monoisotopic (exact) mass is 613 g/mol. The van der Waals surface area contributed by atoms with Gasteiger partial charge in [-0.1, -0.05) is 23.2 Å². The summed E-state index contributed by atoms with van der Waals surface area (Å²) in [6.45, 7) is 0. The zero-order chi connectivity index (χ0) is 31.1. The highest BCUT2D eigenvalue weighted by atomic mass is 35.5. The summed E-state index contributed by atoms with van der Waals surface area (Å²) < 4.78 is 36.6. The molecule has 0 radical (unpaired) electrons. The normalized spacial score (nSPS) is 9.39. The molecule has 0 aliphatic rings.